The second-order valence-corrected chi connectivity index (χ2v) is 4.42. The third kappa shape index (κ3) is 34.3. The van der Waals surface area contributed by atoms with Gasteiger partial charge in [0.15, 0.2) is 0 Å². The van der Waals surface area contributed by atoms with Crippen LogP contribution in [0.1, 0.15) is 0 Å². The number of nitrogens with zero attached hydrogens (tertiary/aromatic N) is 3. The maximum absolute atomic E-state index is 10.3. The van der Waals surface area contributed by atoms with Gasteiger partial charge in [-0.2, -0.15) is 0 Å². The van der Waals surface area contributed by atoms with Gasteiger partial charge in [-0.1, -0.05) is 5.11 Å². The van der Waals surface area contributed by atoms with E-state index in [9.17, 15) is 8.42 Å². The number of hydrogen-bond acceptors (Lipinski definition) is 3. The number of azide groups is 1. The second kappa shape index (κ2) is 8.13. The molecule has 0 amide bonds. The summed E-state index contributed by atoms with van der Waals surface area (Å²) < 4.78 is 20.6. The van der Waals surface area contributed by atoms with Crippen LogP contribution in [0.5, 0.6) is 0 Å². The van der Waals surface area contributed by atoms with Gasteiger partial charge in [-0.3, -0.25) is 0 Å². The van der Waals surface area contributed by atoms with E-state index < -0.39 is 16.2 Å². The smallest absolute Gasteiger partial charge is 0.147 e. The Hall–Kier alpha value is -0.480. The average molecular weight is 192 g/mol. The highest BCUT2D eigenvalue weighted by Crippen LogP contribution is 1.82. The molecule has 0 aromatic carbocycles. The molecule has 0 atom stereocenters. The zero-order valence-corrected chi connectivity index (χ0v) is 8.11. The van der Waals surface area contributed by atoms with Gasteiger partial charge in [0, 0.05) is 47.3 Å². The molecule has 0 unspecified atom stereocenters. The van der Waals surface area contributed by atoms with Crippen molar-refractivity contribution >= 4 is 39.4 Å². The van der Waals surface area contributed by atoms with E-state index in [1.165, 1.54) is 0 Å². The molecule has 0 saturated carbocycles. The third-order valence-electron chi connectivity index (χ3n) is 0.625. The normalized spacial score (nSPS) is 9.00. The summed E-state index contributed by atoms with van der Waals surface area (Å²) in [7, 11) is 11.0. The molecule has 0 spiro atoms. The third-order valence-corrected chi connectivity index (χ3v) is 1.55. The molecule has 0 heterocycles. The summed E-state index contributed by atoms with van der Waals surface area (Å²) in [6.45, 7) is 0.0231. The highest BCUT2D eigenvalue weighted by molar-refractivity contribution is 7.90. The summed E-state index contributed by atoms with van der Waals surface area (Å²) in [4.78, 5) is 2.40. The van der Waals surface area contributed by atoms with E-state index in [0.717, 1.165) is 6.26 Å². The van der Waals surface area contributed by atoms with Crippen LogP contribution in [0.25, 0.3) is 10.4 Å². The van der Waals surface area contributed by atoms with Gasteiger partial charge >= 0.3 is 0 Å². The number of hydrogen-bond donors (Lipinski definition) is 0. The van der Waals surface area contributed by atoms with Crippen molar-refractivity contribution in [3.8, 4) is 0 Å². The molecule has 0 aliphatic rings. The first-order chi connectivity index (χ1) is 5.79. The van der Waals surface area contributed by atoms with Crippen molar-refractivity contribution in [2.45, 2.75) is 0 Å². The monoisotopic (exact) mass is 193 g/mol. The van der Waals surface area contributed by atoms with Crippen molar-refractivity contribution in [3.63, 3.8) is 0 Å². The molecule has 0 aliphatic carbocycles. The van der Waals surface area contributed by atoms with Crippen LogP contribution in [0.4, 0.5) is 0 Å². The molecule has 64 valence electrons. The van der Waals surface area contributed by atoms with Crippen molar-refractivity contribution in [1.82, 2.24) is 0 Å². The predicted octanol–water partition coefficient (Wildman–Crippen LogP) is -1.18. The lowest BCUT2D eigenvalue weighted by atomic mass is 9.08. The first-order valence-electron chi connectivity index (χ1n) is 3.25. The largest absolute Gasteiger partial charge is 0.229 e. The van der Waals surface area contributed by atoms with Crippen LogP contribution in [0.15, 0.2) is 5.11 Å². The van der Waals surface area contributed by atoms with E-state index in [0.29, 0.717) is 0 Å². The molecule has 0 fully saturated rings. The molecule has 0 aromatic heterocycles. The van der Waals surface area contributed by atoms with Crippen LogP contribution in [-0.4, -0.2) is 56.6 Å². The van der Waals surface area contributed by atoms with Gasteiger partial charge in [-0.25, -0.2) is 8.42 Å². The highest BCUT2D eigenvalue weighted by atomic mass is 32.2. The van der Waals surface area contributed by atoms with Crippen molar-refractivity contribution in [1.29, 1.82) is 0 Å². The first-order valence-corrected chi connectivity index (χ1v) is 5.31. The summed E-state index contributed by atoms with van der Waals surface area (Å²) in [5.41, 5.74) is 7.73. The second-order valence-electron chi connectivity index (χ2n) is 2.16. The average Bonchev–Trinajstić information content (AvgIpc) is 1.83. The lowest BCUT2D eigenvalue weighted by molar-refractivity contribution is 0.601. The Morgan fingerprint density at radius 3 is 2.08 bits per heavy atom. The molecule has 10 heteroatoms. The van der Waals surface area contributed by atoms with Crippen LogP contribution >= 0.6 is 0 Å². The zero-order valence-electron chi connectivity index (χ0n) is 7.29. The lowest BCUT2D eigenvalue weighted by Crippen LogP contribution is -2.11. The summed E-state index contributed by atoms with van der Waals surface area (Å²) in [5.74, 6) is -0.0724. The summed E-state index contributed by atoms with van der Waals surface area (Å²) in [6, 6.07) is 0. The maximum Gasteiger partial charge on any atom is 0.147 e. The van der Waals surface area contributed by atoms with Gasteiger partial charge in [-0.15, -0.1) is 0 Å². The van der Waals surface area contributed by atoms with Gasteiger partial charge in [-0.05, 0) is 5.53 Å². The molecule has 0 rings (SSSR count). The Morgan fingerprint density at radius 2 is 1.85 bits per heavy atom. The van der Waals surface area contributed by atoms with E-state index >= 15 is 0 Å². The fourth-order valence-corrected chi connectivity index (χ4v) is 0.665. The zero-order chi connectivity index (χ0) is 10.9. The fourth-order valence-electron chi connectivity index (χ4n) is 0.251. The molecule has 0 aliphatic heterocycles. The van der Waals surface area contributed by atoms with Crippen LogP contribution in [0, 0.1) is 0 Å². The first kappa shape index (κ1) is 15.0. The van der Waals surface area contributed by atoms with Crippen molar-refractivity contribution in [3.05, 3.63) is 10.4 Å². The quantitative estimate of drug-likeness (QED) is 0.244. The molecule has 0 saturated heterocycles. The van der Waals surface area contributed by atoms with Crippen LogP contribution < -0.4 is 0 Å². The molecule has 13 heavy (non-hydrogen) atoms. The van der Waals surface area contributed by atoms with E-state index in [2.05, 4.69) is 33.2 Å². The van der Waals surface area contributed by atoms with Gasteiger partial charge < -0.3 is 0 Å². The summed E-state index contributed by atoms with van der Waals surface area (Å²) >= 11 is 0. The van der Waals surface area contributed by atoms with Gasteiger partial charge in [0.1, 0.15) is 9.84 Å². The Balaban J connectivity index is 0. The predicted molar refractivity (Wildman–Crippen MR) is 56.7 cm³/mol. The minimum absolute atomic E-state index is 0.0231. The number of sulfone groups is 1. The Bertz CT molecular complexity index is 257. The summed E-state index contributed by atoms with van der Waals surface area (Å²) in [5, 5.41) is 3.06. The maximum atomic E-state index is 10.3. The summed E-state index contributed by atoms with van der Waals surface area (Å²) in [6.07, 6.45) is 0.430. The van der Waals surface area contributed by atoms with Gasteiger partial charge in [0.2, 0.25) is 0 Å². The van der Waals surface area contributed by atoms with Crippen molar-refractivity contribution in [2.75, 3.05) is 18.6 Å². The topological polar surface area (TPSA) is 82.9 Å². The Kier molecular flexibility index (Phi) is 9.39. The van der Waals surface area contributed by atoms with E-state index in [-0.39, 0.29) is 12.3 Å². The van der Waals surface area contributed by atoms with Gasteiger partial charge in [0.25, 0.3) is 0 Å². The molecule has 0 N–H and O–H groups in total. The lowest BCUT2D eigenvalue weighted by Gasteiger charge is -1.87. The molecule has 6 radical (unpaired) electrons. The van der Waals surface area contributed by atoms with E-state index in [1.54, 1.807) is 0 Å². The standard InChI is InChI=1S/C3H7N3O2S.B4/c1-9(7,8)3-2-5-6-4;1-4(2)3/h2-3H2,1H3;. The van der Waals surface area contributed by atoms with Gasteiger partial charge in [0.05, 0.1) is 5.75 Å². The molecular weight excluding hydrogens is 185 g/mol. The van der Waals surface area contributed by atoms with Crippen LogP contribution in [0.2, 0.25) is 0 Å². The number of rotatable bonds is 3. The van der Waals surface area contributed by atoms with Crippen LogP contribution in [-0.2, 0) is 9.84 Å². The Morgan fingerprint density at radius 1 is 1.46 bits per heavy atom. The molecular formula is C3H7B4N3O2S. The minimum atomic E-state index is -2.96. The van der Waals surface area contributed by atoms with Crippen molar-refractivity contribution in [2.24, 2.45) is 5.11 Å². The molecule has 5 nitrogen and oxygen atoms in total. The Labute approximate surface area is 82.5 Å². The SMILES string of the molecule is CS(=O)(=O)CCN=[N+]=[N-].[B]B([B])[B]. The minimum Gasteiger partial charge on any atom is -0.229 e. The fraction of sp³-hybridized carbons (Fsp3) is 1.00. The van der Waals surface area contributed by atoms with Crippen LogP contribution in [0.3, 0.4) is 0 Å². The van der Waals surface area contributed by atoms with Crippen molar-refractivity contribution < 1.29 is 8.42 Å². The van der Waals surface area contributed by atoms with E-state index in [1.807, 2.05) is 0 Å². The molecule has 0 aromatic rings. The van der Waals surface area contributed by atoms with E-state index in [4.69, 9.17) is 5.53 Å². The molecule has 0 bridgehead atoms. The highest BCUT2D eigenvalue weighted by Gasteiger charge is 1.97.